The van der Waals surface area contributed by atoms with E-state index in [1.165, 1.54) is 17.2 Å². The molecule has 2 heterocycles. The van der Waals surface area contributed by atoms with Gasteiger partial charge in [-0.3, -0.25) is 0 Å². The summed E-state index contributed by atoms with van der Waals surface area (Å²) in [6, 6.07) is 15.3. The molecule has 0 atom stereocenters. The normalized spacial score (nSPS) is 11.4. The Balaban J connectivity index is 1.65. The number of fused-ring (bicyclic) bond motifs is 1. The van der Waals surface area contributed by atoms with E-state index in [2.05, 4.69) is 13.8 Å². The van der Waals surface area contributed by atoms with E-state index in [4.69, 9.17) is 9.15 Å². The van der Waals surface area contributed by atoms with Crippen molar-refractivity contribution in [2.75, 3.05) is 0 Å². The number of ether oxygens (including phenoxy) is 1. The fourth-order valence-electron chi connectivity index (χ4n) is 4.41. The summed E-state index contributed by atoms with van der Waals surface area (Å²) < 4.78 is 13.1. The van der Waals surface area contributed by atoms with Crippen LogP contribution in [-0.2, 0) is 11.3 Å². The summed E-state index contributed by atoms with van der Waals surface area (Å²) in [4.78, 5) is 25.1. The van der Waals surface area contributed by atoms with Crippen molar-refractivity contribution in [2.45, 2.75) is 54.1 Å². The third-order valence-electron chi connectivity index (χ3n) is 6.14. The van der Waals surface area contributed by atoms with Gasteiger partial charge in [0.15, 0.2) is 0 Å². The summed E-state index contributed by atoms with van der Waals surface area (Å²) in [6.45, 7) is 12.2. The van der Waals surface area contributed by atoms with Crippen molar-refractivity contribution in [3.63, 3.8) is 0 Å². The molecule has 170 valence electrons. The second-order valence-corrected chi connectivity index (χ2v) is 8.98. The number of carbonyl (C=O) groups excluding carboxylic acids is 1. The maximum Gasteiger partial charge on any atom is 0.340 e. The molecule has 0 spiro atoms. The summed E-state index contributed by atoms with van der Waals surface area (Å²) in [5, 5.41) is 0.793. The maximum atomic E-state index is 13.0. The summed E-state index contributed by atoms with van der Waals surface area (Å²) >= 11 is 0. The number of hydrogen-bond donors (Lipinski definition) is 0. The smallest absolute Gasteiger partial charge is 0.340 e. The first-order chi connectivity index (χ1) is 15.7. The van der Waals surface area contributed by atoms with Gasteiger partial charge < -0.3 is 13.7 Å². The van der Waals surface area contributed by atoms with Crippen LogP contribution in [0.5, 0.6) is 0 Å². The Labute approximate surface area is 193 Å². The average molecular weight is 444 g/mol. The first-order valence-corrected chi connectivity index (χ1v) is 11.2. The second kappa shape index (κ2) is 8.74. The summed E-state index contributed by atoms with van der Waals surface area (Å²) in [5.74, 6) is -0.0945. The Morgan fingerprint density at radius 3 is 2.36 bits per heavy atom. The van der Waals surface area contributed by atoms with Crippen LogP contribution in [0.15, 0.2) is 57.7 Å². The lowest BCUT2D eigenvalue weighted by molar-refractivity contribution is 0.0473. The zero-order valence-corrected chi connectivity index (χ0v) is 20.0. The summed E-state index contributed by atoms with van der Waals surface area (Å²) in [7, 11) is 0. The van der Waals surface area contributed by atoms with E-state index in [-0.39, 0.29) is 6.61 Å². The zero-order chi connectivity index (χ0) is 23.9. The van der Waals surface area contributed by atoms with Gasteiger partial charge in [-0.1, -0.05) is 31.5 Å². The molecule has 0 saturated heterocycles. The molecule has 4 aromatic rings. The Kier molecular flexibility index (Phi) is 5.98. The van der Waals surface area contributed by atoms with E-state index in [1.54, 1.807) is 0 Å². The Morgan fingerprint density at radius 1 is 1.00 bits per heavy atom. The molecule has 0 aliphatic carbocycles. The van der Waals surface area contributed by atoms with Crippen LogP contribution in [0.1, 0.15) is 63.8 Å². The molecule has 0 bridgehead atoms. The largest absolute Gasteiger partial charge is 0.457 e. The van der Waals surface area contributed by atoms with Crippen LogP contribution < -0.4 is 5.63 Å². The highest BCUT2D eigenvalue weighted by atomic mass is 16.5. The minimum atomic E-state index is -0.456. The van der Waals surface area contributed by atoms with E-state index >= 15 is 0 Å². The molecule has 0 radical (unpaired) electrons. The maximum absolute atomic E-state index is 13.0. The number of aryl methyl sites for hydroxylation is 3. The van der Waals surface area contributed by atoms with Gasteiger partial charge in [0.2, 0.25) is 0 Å². The third kappa shape index (κ3) is 4.36. The Hall–Kier alpha value is -3.60. The van der Waals surface area contributed by atoms with Gasteiger partial charge in [0.25, 0.3) is 0 Å². The number of rotatable bonds is 5. The molecule has 5 nitrogen and oxygen atoms in total. The number of aromatic nitrogens is 1. The van der Waals surface area contributed by atoms with E-state index in [0.717, 1.165) is 28.0 Å². The standard InChI is InChI=1S/C28H29NO4/c1-16(2)23-14-25-21(13-27(30)33-26(25)11-18(23)4)15-32-28(31)24-12-19(5)29(20(24)6)22-9-7-17(3)8-10-22/h7-14,16H,15H2,1-6H3. The van der Waals surface area contributed by atoms with E-state index in [1.807, 2.05) is 74.7 Å². The fourth-order valence-corrected chi connectivity index (χ4v) is 4.41. The van der Waals surface area contributed by atoms with Crippen molar-refractivity contribution in [2.24, 2.45) is 0 Å². The molecular weight excluding hydrogens is 414 g/mol. The van der Waals surface area contributed by atoms with Crippen molar-refractivity contribution in [3.8, 4) is 5.69 Å². The molecule has 0 aliphatic rings. The Bertz CT molecular complexity index is 1400. The molecule has 0 N–H and O–H groups in total. The average Bonchev–Trinajstić information content (AvgIpc) is 3.05. The minimum Gasteiger partial charge on any atom is -0.457 e. The van der Waals surface area contributed by atoms with Crippen LogP contribution in [0.4, 0.5) is 0 Å². The van der Waals surface area contributed by atoms with Gasteiger partial charge in [-0.25, -0.2) is 9.59 Å². The number of benzene rings is 2. The quantitative estimate of drug-likeness (QED) is 0.268. The topological polar surface area (TPSA) is 61.4 Å². The first-order valence-electron chi connectivity index (χ1n) is 11.2. The fraction of sp³-hybridized carbons (Fsp3) is 0.286. The molecular formula is C28H29NO4. The third-order valence-corrected chi connectivity index (χ3v) is 6.14. The van der Waals surface area contributed by atoms with Crippen LogP contribution in [0, 0.1) is 27.7 Å². The van der Waals surface area contributed by atoms with Crippen LogP contribution in [0.25, 0.3) is 16.7 Å². The van der Waals surface area contributed by atoms with Gasteiger partial charge in [0.1, 0.15) is 12.2 Å². The molecule has 2 aromatic carbocycles. The first kappa shape index (κ1) is 22.6. The SMILES string of the molecule is Cc1ccc(-n2c(C)cc(C(=O)OCc3cc(=O)oc4cc(C)c(C(C)C)cc34)c2C)cc1. The summed E-state index contributed by atoms with van der Waals surface area (Å²) in [5.41, 5.74) is 7.39. The molecule has 0 fully saturated rings. The van der Waals surface area contributed by atoms with Crippen molar-refractivity contribution in [3.05, 3.63) is 98.2 Å². The van der Waals surface area contributed by atoms with Crippen LogP contribution >= 0.6 is 0 Å². The number of carbonyl (C=O) groups is 1. The highest BCUT2D eigenvalue weighted by Crippen LogP contribution is 2.28. The van der Waals surface area contributed by atoms with Gasteiger partial charge in [-0.15, -0.1) is 0 Å². The zero-order valence-electron chi connectivity index (χ0n) is 20.0. The molecule has 33 heavy (non-hydrogen) atoms. The minimum absolute atomic E-state index is 0.00424. The number of nitrogens with zero attached hydrogens (tertiary/aromatic N) is 1. The van der Waals surface area contributed by atoms with E-state index < -0.39 is 11.6 Å². The molecule has 2 aromatic heterocycles. The molecule has 5 heteroatoms. The molecule has 0 saturated carbocycles. The van der Waals surface area contributed by atoms with E-state index in [0.29, 0.717) is 22.6 Å². The van der Waals surface area contributed by atoms with Crippen molar-refractivity contribution in [1.29, 1.82) is 0 Å². The monoisotopic (exact) mass is 443 g/mol. The van der Waals surface area contributed by atoms with Crippen molar-refractivity contribution >= 4 is 16.9 Å². The molecule has 0 aliphatic heterocycles. The van der Waals surface area contributed by atoms with E-state index in [9.17, 15) is 9.59 Å². The predicted molar refractivity (Wildman–Crippen MR) is 130 cm³/mol. The second-order valence-electron chi connectivity index (χ2n) is 8.98. The lowest BCUT2D eigenvalue weighted by atomic mass is 9.95. The van der Waals surface area contributed by atoms with Gasteiger partial charge in [0.05, 0.1) is 5.56 Å². The van der Waals surface area contributed by atoms with Gasteiger partial charge in [0, 0.05) is 34.1 Å². The van der Waals surface area contributed by atoms with Crippen molar-refractivity contribution < 1.29 is 13.9 Å². The Morgan fingerprint density at radius 2 is 1.70 bits per heavy atom. The number of hydrogen-bond acceptors (Lipinski definition) is 4. The molecule has 4 rings (SSSR count). The molecule has 0 amide bonds. The predicted octanol–water partition coefficient (Wildman–Crippen LogP) is 6.30. The van der Waals surface area contributed by atoms with Crippen LogP contribution in [0.2, 0.25) is 0 Å². The molecule has 0 unspecified atom stereocenters. The van der Waals surface area contributed by atoms with Gasteiger partial charge in [-0.05, 0) is 75.1 Å². The lowest BCUT2D eigenvalue weighted by Gasteiger charge is -2.13. The highest BCUT2D eigenvalue weighted by molar-refractivity contribution is 5.91. The van der Waals surface area contributed by atoms with Crippen molar-refractivity contribution in [1.82, 2.24) is 4.57 Å². The highest BCUT2D eigenvalue weighted by Gasteiger charge is 2.19. The van der Waals surface area contributed by atoms with Gasteiger partial charge in [-0.2, -0.15) is 0 Å². The van der Waals surface area contributed by atoms with Crippen LogP contribution in [0.3, 0.4) is 0 Å². The van der Waals surface area contributed by atoms with Crippen LogP contribution in [-0.4, -0.2) is 10.5 Å². The summed E-state index contributed by atoms with van der Waals surface area (Å²) in [6.07, 6.45) is 0. The number of esters is 1. The lowest BCUT2D eigenvalue weighted by Crippen LogP contribution is -2.09. The van der Waals surface area contributed by atoms with Gasteiger partial charge >= 0.3 is 11.6 Å².